The standard InChI is InChI=1S/C14H20FNO2/c1-3-13(11-6-4-7-12(15)10-11)16(2)9-5-8-14(17)18/h4,6-7,10,13H,3,5,8-9H2,1-2H3,(H,17,18). The molecule has 0 saturated heterocycles. The number of hydrogen-bond acceptors (Lipinski definition) is 2. The van der Waals surface area contributed by atoms with Gasteiger partial charge in [-0.1, -0.05) is 19.1 Å². The van der Waals surface area contributed by atoms with Gasteiger partial charge < -0.3 is 5.11 Å². The Balaban J connectivity index is 2.62. The first kappa shape index (κ1) is 14.6. The molecule has 1 atom stereocenters. The van der Waals surface area contributed by atoms with Crippen molar-refractivity contribution < 1.29 is 14.3 Å². The number of benzene rings is 1. The average molecular weight is 253 g/mol. The van der Waals surface area contributed by atoms with Gasteiger partial charge in [-0.15, -0.1) is 0 Å². The van der Waals surface area contributed by atoms with Crippen LogP contribution in [0.2, 0.25) is 0 Å². The van der Waals surface area contributed by atoms with Crippen LogP contribution in [0.4, 0.5) is 4.39 Å². The summed E-state index contributed by atoms with van der Waals surface area (Å²) in [6.45, 7) is 2.74. The Kier molecular flexibility index (Phi) is 5.78. The summed E-state index contributed by atoms with van der Waals surface area (Å²) in [7, 11) is 1.95. The van der Waals surface area contributed by atoms with Gasteiger partial charge in [0.05, 0.1) is 0 Å². The van der Waals surface area contributed by atoms with Crippen LogP contribution in [0.1, 0.15) is 37.8 Å². The summed E-state index contributed by atoms with van der Waals surface area (Å²) in [5.74, 6) is -1.01. The maximum atomic E-state index is 13.2. The van der Waals surface area contributed by atoms with Crippen LogP contribution < -0.4 is 0 Å². The summed E-state index contributed by atoms with van der Waals surface area (Å²) in [5.41, 5.74) is 0.940. The van der Waals surface area contributed by atoms with Crippen molar-refractivity contribution in [3.05, 3.63) is 35.6 Å². The zero-order valence-corrected chi connectivity index (χ0v) is 10.9. The molecule has 0 heterocycles. The molecule has 1 N–H and O–H groups in total. The van der Waals surface area contributed by atoms with Gasteiger partial charge in [-0.25, -0.2) is 4.39 Å². The fourth-order valence-corrected chi connectivity index (χ4v) is 2.15. The monoisotopic (exact) mass is 253 g/mol. The van der Waals surface area contributed by atoms with Crippen molar-refractivity contribution in [2.75, 3.05) is 13.6 Å². The third-order valence-electron chi connectivity index (χ3n) is 3.05. The van der Waals surface area contributed by atoms with Crippen molar-refractivity contribution in [2.24, 2.45) is 0 Å². The van der Waals surface area contributed by atoms with Gasteiger partial charge in [0.1, 0.15) is 5.82 Å². The average Bonchev–Trinajstić information content (AvgIpc) is 2.29. The Bertz CT molecular complexity index is 395. The van der Waals surface area contributed by atoms with E-state index in [4.69, 9.17) is 5.11 Å². The van der Waals surface area contributed by atoms with Gasteiger partial charge in [-0.05, 0) is 44.1 Å². The molecule has 4 heteroatoms. The van der Waals surface area contributed by atoms with E-state index in [-0.39, 0.29) is 18.3 Å². The fraction of sp³-hybridized carbons (Fsp3) is 0.500. The molecular weight excluding hydrogens is 233 g/mol. The van der Waals surface area contributed by atoms with Crippen LogP contribution in [0.15, 0.2) is 24.3 Å². The molecule has 0 aromatic heterocycles. The molecule has 0 aliphatic carbocycles. The number of carboxylic acid groups (broad SMARTS) is 1. The summed E-state index contributed by atoms with van der Waals surface area (Å²) in [6, 6.07) is 6.72. The molecule has 0 saturated carbocycles. The molecule has 0 radical (unpaired) electrons. The quantitative estimate of drug-likeness (QED) is 0.811. The predicted octanol–water partition coefficient (Wildman–Crippen LogP) is 3.07. The largest absolute Gasteiger partial charge is 0.481 e. The third-order valence-corrected chi connectivity index (χ3v) is 3.05. The van der Waals surface area contributed by atoms with Gasteiger partial charge in [0, 0.05) is 12.5 Å². The van der Waals surface area contributed by atoms with Crippen LogP contribution in [0, 0.1) is 5.82 Å². The highest BCUT2D eigenvalue weighted by Crippen LogP contribution is 2.23. The Morgan fingerprint density at radius 3 is 2.78 bits per heavy atom. The van der Waals surface area contributed by atoms with Crippen LogP contribution in [0.5, 0.6) is 0 Å². The molecule has 0 aliphatic heterocycles. The summed E-state index contributed by atoms with van der Waals surface area (Å²) in [6.07, 6.45) is 1.65. The van der Waals surface area contributed by atoms with E-state index < -0.39 is 5.97 Å². The minimum absolute atomic E-state index is 0.134. The molecule has 1 aromatic rings. The second-order valence-corrected chi connectivity index (χ2v) is 4.46. The van der Waals surface area contributed by atoms with Crippen LogP contribution in [-0.2, 0) is 4.79 Å². The van der Waals surface area contributed by atoms with Crippen molar-refractivity contribution in [1.29, 1.82) is 0 Å². The molecule has 0 fully saturated rings. The Morgan fingerprint density at radius 1 is 1.50 bits per heavy atom. The van der Waals surface area contributed by atoms with Gasteiger partial charge in [0.25, 0.3) is 0 Å². The number of rotatable bonds is 7. The molecule has 1 unspecified atom stereocenters. The van der Waals surface area contributed by atoms with Gasteiger partial charge in [0.15, 0.2) is 0 Å². The lowest BCUT2D eigenvalue weighted by Gasteiger charge is -2.27. The number of nitrogens with zero attached hydrogens (tertiary/aromatic N) is 1. The van der Waals surface area contributed by atoms with E-state index in [0.29, 0.717) is 13.0 Å². The number of aliphatic carboxylic acids is 1. The van der Waals surface area contributed by atoms with Crippen molar-refractivity contribution in [3.8, 4) is 0 Å². The van der Waals surface area contributed by atoms with E-state index in [9.17, 15) is 9.18 Å². The first-order valence-electron chi connectivity index (χ1n) is 6.22. The molecular formula is C14H20FNO2. The second kappa shape index (κ2) is 7.11. The maximum absolute atomic E-state index is 13.2. The van der Waals surface area contributed by atoms with E-state index in [1.54, 1.807) is 12.1 Å². The smallest absolute Gasteiger partial charge is 0.303 e. The highest BCUT2D eigenvalue weighted by Gasteiger charge is 2.15. The highest BCUT2D eigenvalue weighted by atomic mass is 19.1. The van der Waals surface area contributed by atoms with Crippen molar-refractivity contribution in [2.45, 2.75) is 32.2 Å². The molecule has 3 nitrogen and oxygen atoms in total. The van der Waals surface area contributed by atoms with Crippen LogP contribution in [0.3, 0.4) is 0 Å². The molecule has 0 amide bonds. The molecule has 0 bridgehead atoms. The Hall–Kier alpha value is -1.42. The molecule has 18 heavy (non-hydrogen) atoms. The third kappa shape index (κ3) is 4.45. The van der Waals surface area contributed by atoms with E-state index in [1.807, 2.05) is 20.0 Å². The maximum Gasteiger partial charge on any atom is 0.303 e. The Morgan fingerprint density at radius 2 is 2.22 bits per heavy atom. The van der Waals surface area contributed by atoms with Crippen molar-refractivity contribution in [3.63, 3.8) is 0 Å². The Labute approximate surface area is 107 Å². The molecule has 100 valence electrons. The lowest BCUT2D eigenvalue weighted by Crippen LogP contribution is -2.25. The van der Waals surface area contributed by atoms with Crippen molar-refractivity contribution in [1.82, 2.24) is 4.90 Å². The lowest BCUT2D eigenvalue weighted by atomic mass is 10.0. The normalized spacial score (nSPS) is 12.7. The highest BCUT2D eigenvalue weighted by molar-refractivity contribution is 5.66. The summed E-state index contributed by atoms with van der Waals surface area (Å²) < 4.78 is 13.2. The van der Waals surface area contributed by atoms with E-state index in [1.165, 1.54) is 6.07 Å². The van der Waals surface area contributed by atoms with Gasteiger partial charge in [-0.3, -0.25) is 9.69 Å². The minimum Gasteiger partial charge on any atom is -0.481 e. The zero-order valence-electron chi connectivity index (χ0n) is 10.9. The number of carboxylic acids is 1. The first-order valence-corrected chi connectivity index (χ1v) is 6.22. The SMILES string of the molecule is CCC(c1cccc(F)c1)N(C)CCCC(=O)O. The predicted molar refractivity (Wildman–Crippen MR) is 68.9 cm³/mol. The number of halogens is 1. The fourth-order valence-electron chi connectivity index (χ4n) is 2.15. The first-order chi connectivity index (χ1) is 8.54. The van der Waals surface area contributed by atoms with Crippen LogP contribution in [0.25, 0.3) is 0 Å². The van der Waals surface area contributed by atoms with Crippen LogP contribution in [-0.4, -0.2) is 29.6 Å². The van der Waals surface area contributed by atoms with Gasteiger partial charge >= 0.3 is 5.97 Å². The van der Waals surface area contributed by atoms with E-state index in [2.05, 4.69) is 4.90 Å². The minimum atomic E-state index is -0.776. The number of carbonyl (C=O) groups is 1. The molecule has 1 aromatic carbocycles. The molecule has 0 aliphatic rings. The topological polar surface area (TPSA) is 40.5 Å². The molecule has 1 rings (SSSR count). The van der Waals surface area contributed by atoms with Gasteiger partial charge in [0.2, 0.25) is 0 Å². The summed E-state index contributed by atoms with van der Waals surface area (Å²) in [4.78, 5) is 12.5. The number of hydrogen-bond donors (Lipinski definition) is 1. The molecule has 0 spiro atoms. The second-order valence-electron chi connectivity index (χ2n) is 4.46. The van der Waals surface area contributed by atoms with E-state index in [0.717, 1.165) is 12.0 Å². The van der Waals surface area contributed by atoms with Gasteiger partial charge in [-0.2, -0.15) is 0 Å². The van der Waals surface area contributed by atoms with Crippen molar-refractivity contribution >= 4 is 5.97 Å². The summed E-state index contributed by atoms with van der Waals surface area (Å²) in [5, 5.41) is 8.61. The summed E-state index contributed by atoms with van der Waals surface area (Å²) >= 11 is 0. The zero-order chi connectivity index (χ0) is 13.5. The van der Waals surface area contributed by atoms with E-state index >= 15 is 0 Å². The van der Waals surface area contributed by atoms with Crippen LogP contribution >= 0.6 is 0 Å². The lowest BCUT2D eigenvalue weighted by molar-refractivity contribution is -0.137.